The number of esters is 2. The number of fused-ring (bicyclic) bond motifs is 1. The van der Waals surface area contributed by atoms with E-state index in [2.05, 4.69) is 15.0 Å². The van der Waals surface area contributed by atoms with Gasteiger partial charge in [0, 0.05) is 12.1 Å². The van der Waals surface area contributed by atoms with Gasteiger partial charge in [-0.15, -0.1) is 16.9 Å². The summed E-state index contributed by atoms with van der Waals surface area (Å²) in [7, 11) is 1.24. The maximum atomic E-state index is 12.8. The molecule has 2 aliphatic rings. The first-order valence-corrected chi connectivity index (χ1v) is 10.2. The number of carbonyl (C=O) groups is 3. The van der Waals surface area contributed by atoms with Crippen molar-refractivity contribution in [3.05, 3.63) is 51.8 Å². The van der Waals surface area contributed by atoms with E-state index in [4.69, 9.17) is 4.74 Å². The number of ether oxygens (including phenoxy) is 2. The number of hydrogen-bond donors (Lipinski definition) is 0. The predicted molar refractivity (Wildman–Crippen MR) is 105 cm³/mol. The fraction of sp³-hybridized carbons (Fsp3) is 0.389. The van der Waals surface area contributed by atoms with Crippen molar-refractivity contribution in [1.82, 2.24) is 19.9 Å². The second-order valence-electron chi connectivity index (χ2n) is 6.93. The van der Waals surface area contributed by atoms with Gasteiger partial charge in [0.25, 0.3) is 5.69 Å². The summed E-state index contributed by atoms with van der Waals surface area (Å²) < 4.78 is 11.4. The third-order valence-corrected chi connectivity index (χ3v) is 6.47. The van der Waals surface area contributed by atoms with Crippen LogP contribution < -0.4 is 0 Å². The van der Waals surface area contributed by atoms with Gasteiger partial charge < -0.3 is 14.4 Å². The van der Waals surface area contributed by atoms with Crippen LogP contribution in [0.1, 0.15) is 22.5 Å². The summed E-state index contributed by atoms with van der Waals surface area (Å²) in [5.74, 6) is -1.32. The molecule has 2 aromatic rings. The van der Waals surface area contributed by atoms with E-state index >= 15 is 0 Å². The van der Waals surface area contributed by atoms with Gasteiger partial charge in [-0.1, -0.05) is 5.21 Å². The minimum absolute atomic E-state index is 0.0437. The second kappa shape index (κ2) is 8.34. The van der Waals surface area contributed by atoms with E-state index in [1.54, 1.807) is 0 Å². The van der Waals surface area contributed by atoms with Crippen LogP contribution in [0.3, 0.4) is 0 Å². The van der Waals surface area contributed by atoms with Crippen LogP contribution in [0.4, 0.5) is 5.69 Å². The zero-order valence-electron chi connectivity index (χ0n) is 16.2. The third kappa shape index (κ3) is 4.08. The number of methoxy groups -OCH3 is 1. The van der Waals surface area contributed by atoms with E-state index in [9.17, 15) is 24.5 Å². The van der Waals surface area contributed by atoms with Crippen molar-refractivity contribution in [2.45, 2.75) is 36.2 Å². The molecule has 0 radical (unpaired) electrons. The van der Waals surface area contributed by atoms with E-state index in [0.717, 1.165) is 0 Å². The summed E-state index contributed by atoms with van der Waals surface area (Å²) in [6.45, 7) is 0.166. The van der Waals surface area contributed by atoms with Crippen molar-refractivity contribution in [3.8, 4) is 0 Å². The van der Waals surface area contributed by atoms with Crippen molar-refractivity contribution in [3.63, 3.8) is 0 Å². The number of β-lactam (4-membered cyclic amide) rings is 1. The number of aromatic nitrogens is 3. The zero-order valence-corrected chi connectivity index (χ0v) is 17.1. The molecule has 162 valence electrons. The summed E-state index contributed by atoms with van der Waals surface area (Å²) in [5.41, 5.74) is 0.573. The Morgan fingerprint density at radius 3 is 2.71 bits per heavy atom. The lowest BCUT2D eigenvalue weighted by molar-refractivity contribution is -0.384. The lowest BCUT2D eigenvalue weighted by Crippen LogP contribution is -2.56. The molecule has 0 N–H and O–H groups in total. The highest BCUT2D eigenvalue weighted by molar-refractivity contribution is 8.01. The molecule has 2 aliphatic heterocycles. The number of nitro benzene ring substituents is 1. The molecule has 0 bridgehead atoms. The number of thioether (sulfide) groups is 1. The van der Waals surface area contributed by atoms with Gasteiger partial charge in [-0.05, 0) is 17.7 Å². The molecule has 0 unspecified atom stereocenters. The van der Waals surface area contributed by atoms with Crippen molar-refractivity contribution in [1.29, 1.82) is 0 Å². The van der Waals surface area contributed by atoms with Gasteiger partial charge in [0.05, 0.1) is 41.8 Å². The first-order chi connectivity index (χ1) is 14.9. The van der Waals surface area contributed by atoms with Crippen LogP contribution in [0.25, 0.3) is 0 Å². The van der Waals surface area contributed by atoms with Crippen molar-refractivity contribution >= 4 is 35.3 Å². The molecule has 2 saturated heterocycles. The van der Waals surface area contributed by atoms with E-state index in [1.807, 2.05) is 0 Å². The van der Waals surface area contributed by atoms with Crippen molar-refractivity contribution in [2.24, 2.45) is 0 Å². The summed E-state index contributed by atoms with van der Waals surface area (Å²) in [6, 6.07) is 4.87. The van der Waals surface area contributed by atoms with Gasteiger partial charge in [-0.3, -0.25) is 19.6 Å². The number of nitrogens with zero attached hydrogens (tertiary/aromatic N) is 5. The zero-order chi connectivity index (χ0) is 22.1. The highest BCUT2D eigenvalue weighted by atomic mass is 32.2. The van der Waals surface area contributed by atoms with Crippen LogP contribution >= 0.6 is 11.8 Å². The fourth-order valence-electron chi connectivity index (χ4n) is 3.44. The van der Waals surface area contributed by atoms with Crippen LogP contribution in [0, 0.1) is 10.1 Å². The number of benzene rings is 1. The Balaban J connectivity index is 1.44. The quantitative estimate of drug-likeness (QED) is 0.258. The number of amides is 1. The molecule has 1 amide bonds. The largest absolute Gasteiger partial charge is 0.464 e. The Kier molecular flexibility index (Phi) is 5.59. The third-order valence-electron chi connectivity index (χ3n) is 5.00. The molecule has 12 nitrogen and oxygen atoms in total. The monoisotopic (exact) mass is 447 g/mol. The molecule has 0 saturated carbocycles. The van der Waals surface area contributed by atoms with Gasteiger partial charge in [-0.25, -0.2) is 9.59 Å². The lowest BCUT2D eigenvalue weighted by atomic mass is 10.1. The molecule has 1 aromatic carbocycles. The normalized spacial score (nSPS) is 21.9. The van der Waals surface area contributed by atoms with Crippen LogP contribution in [0.15, 0.2) is 30.5 Å². The summed E-state index contributed by atoms with van der Waals surface area (Å²) in [5, 5.41) is 17.9. The highest BCUT2D eigenvalue weighted by Crippen LogP contribution is 2.45. The molecular formula is C18H17N5O7S. The Morgan fingerprint density at radius 1 is 1.32 bits per heavy atom. The Bertz CT molecular complexity index is 1040. The Labute approximate surface area is 179 Å². The molecule has 4 rings (SSSR count). The van der Waals surface area contributed by atoms with Crippen molar-refractivity contribution in [2.75, 3.05) is 7.11 Å². The summed E-state index contributed by atoms with van der Waals surface area (Å²) >= 11 is 1.47. The van der Waals surface area contributed by atoms with Crippen LogP contribution in [0.5, 0.6) is 0 Å². The number of hydrogen-bond acceptors (Lipinski definition) is 10. The van der Waals surface area contributed by atoms with E-state index in [1.165, 1.54) is 58.9 Å². The highest BCUT2D eigenvalue weighted by Gasteiger charge is 2.55. The SMILES string of the molecule is COC(=O)c1cn(C[C@@H]2S[C@H]3CC(=O)N3[C@H]2C(=O)OCc2ccc([N+](=O)[O-])cc2)nn1. The average Bonchev–Trinajstić information content (AvgIpc) is 3.34. The standard InChI is InChI=1S/C18H17N5O7S/c1-29-17(25)12-7-21(20-19-12)8-13-16(22-14(24)6-15(22)31-13)18(26)30-9-10-2-4-11(5-3-10)23(27)28/h2-5,7,13,15-16H,6,8-9H2,1H3/t13-,15-,16+/m0/s1. The Morgan fingerprint density at radius 2 is 2.06 bits per heavy atom. The molecule has 0 aliphatic carbocycles. The lowest BCUT2D eigenvalue weighted by Gasteiger charge is -2.36. The number of nitro groups is 1. The molecule has 3 heterocycles. The number of non-ortho nitro benzene ring substituents is 1. The molecule has 13 heteroatoms. The second-order valence-corrected chi connectivity index (χ2v) is 8.35. The molecule has 31 heavy (non-hydrogen) atoms. The first-order valence-electron chi connectivity index (χ1n) is 9.22. The van der Waals surface area contributed by atoms with Crippen molar-refractivity contribution < 1.29 is 28.8 Å². The van der Waals surface area contributed by atoms with Gasteiger partial charge in [-0.2, -0.15) is 0 Å². The summed E-state index contributed by atoms with van der Waals surface area (Å²) in [4.78, 5) is 48.2. The molecule has 3 atom stereocenters. The van der Waals surface area contributed by atoms with Gasteiger partial charge in [0.2, 0.25) is 5.91 Å². The van der Waals surface area contributed by atoms with E-state index in [0.29, 0.717) is 12.0 Å². The van der Waals surface area contributed by atoms with Gasteiger partial charge in [0.15, 0.2) is 5.69 Å². The van der Waals surface area contributed by atoms with Crippen LogP contribution in [-0.2, 0) is 32.2 Å². The van der Waals surface area contributed by atoms with E-state index in [-0.39, 0.29) is 41.1 Å². The summed E-state index contributed by atoms with van der Waals surface area (Å²) in [6.07, 6.45) is 1.76. The van der Waals surface area contributed by atoms with Crippen LogP contribution in [0.2, 0.25) is 0 Å². The minimum atomic E-state index is -0.805. The average molecular weight is 447 g/mol. The topological polar surface area (TPSA) is 147 Å². The molecule has 2 fully saturated rings. The number of rotatable bonds is 7. The Hall–Kier alpha value is -3.48. The molecule has 0 spiro atoms. The predicted octanol–water partition coefficient (Wildman–Crippen LogP) is 0.759. The van der Waals surface area contributed by atoms with E-state index < -0.39 is 22.9 Å². The smallest absolute Gasteiger partial charge is 0.360 e. The first kappa shape index (κ1) is 20.8. The van der Waals surface area contributed by atoms with Gasteiger partial charge >= 0.3 is 11.9 Å². The maximum Gasteiger partial charge on any atom is 0.360 e. The molecule has 1 aromatic heterocycles. The van der Waals surface area contributed by atoms with Crippen LogP contribution in [-0.4, -0.2) is 66.4 Å². The fourth-order valence-corrected chi connectivity index (χ4v) is 5.09. The number of carbonyl (C=O) groups excluding carboxylic acids is 3. The maximum absolute atomic E-state index is 12.8. The minimum Gasteiger partial charge on any atom is -0.464 e. The van der Waals surface area contributed by atoms with Gasteiger partial charge in [0.1, 0.15) is 12.6 Å². The molecular weight excluding hydrogens is 430 g/mol.